The molecule has 7 nitrogen and oxygen atoms in total. The molecule has 162 valence electrons. The number of nitrogens with one attached hydrogen (secondary N) is 1. The molecule has 0 aliphatic rings. The van der Waals surface area contributed by atoms with Gasteiger partial charge in [-0.1, -0.05) is 48.5 Å². The molecule has 3 aromatic rings. The van der Waals surface area contributed by atoms with E-state index in [4.69, 9.17) is 9.84 Å². The first kappa shape index (κ1) is 22.3. The molecule has 0 atom stereocenters. The largest absolute Gasteiger partial charge is 0.455 e. The Morgan fingerprint density at radius 3 is 2.19 bits per heavy atom. The van der Waals surface area contributed by atoms with E-state index in [1.54, 1.807) is 54.6 Å². The molecule has 3 aromatic carbocycles. The van der Waals surface area contributed by atoms with Crippen LogP contribution in [0.15, 0.2) is 89.8 Å². The van der Waals surface area contributed by atoms with Gasteiger partial charge in [0.25, 0.3) is 10.0 Å². The average Bonchev–Trinajstić information content (AvgIpc) is 2.79. The molecular formula is C23H24N2O5S. The number of ether oxygens (including phenoxy) is 1. The van der Waals surface area contributed by atoms with Crippen molar-refractivity contribution < 1.29 is 23.1 Å². The molecule has 3 rings (SSSR count). The van der Waals surface area contributed by atoms with Crippen LogP contribution in [0.2, 0.25) is 0 Å². The Kier molecular flexibility index (Phi) is 7.64. The molecule has 0 aliphatic carbocycles. The van der Waals surface area contributed by atoms with E-state index in [0.29, 0.717) is 17.9 Å². The number of nitrogens with zero attached hydrogens (tertiary/aromatic N) is 1. The van der Waals surface area contributed by atoms with Gasteiger partial charge in [-0.15, -0.1) is 0 Å². The van der Waals surface area contributed by atoms with E-state index in [9.17, 15) is 13.2 Å². The molecule has 0 aromatic heterocycles. The minimum Gasteiger partial charge on any atom is -0.455 e. The zero-order valence-corrected chi connectivity index (χ0v) is 17.7. The van der Waals surface area contributed by atoms with Gasteiger partial charge in [-0.05, 0) is 42.8 Å². The minimum absolute atomic E-state index is 0.0627. The summed E-state index contributed by atoms with van der Waals surface area (Å²) in [6.07, 6.45) is 0.380. The molecule has 0 saturated carbocycles. The Labute approximate surface area is 182 Å². The predicted octanol–water partition coefficient (Wildman–Crippen LogP) is 3.17. The van der Waals surface area contributed by atoms with E-state index >= 15 is 0 Å². The van der Waals surface area contributed by atoms with Crippen molar-refractivity contribution in [3.05, 3.63) is 84.9 Å². The van der Waals surface area contributed by atoms with Gasteiger partial charge in [0.15, 0.2) is 5.75 Å². The highest BCUT2D eigenvalue weighted by Gasteiger charge is 2.29. The first-order valence-electron chi connectivity index (χ1n) is 9.79. The Morgan fingerprint density at radius 1 is 0.903 bits per heavy atom. The minimum atomic E-state index is -4.05. The van der Waals surface area contributed by atoms with E-state index in [-0.39, 0.29) is 23.7 Å². The summed E-state index contributed by atoms with van der Waals surface area (Å²) in [4.78, 5) is 12.6. The third-order valence-corrected chi connectivity index (χ3v) is 6.15. The van der Waals surface area contributed by atoms with Crippen molar-refractivity contribution in [3.63, 3.8) is 0 Å². The standard InChI is InChI=1S/C23H24N2O5S/c26-17-9-16-24-23(27)18-25(31(28,29)20-12-5-2-6-13-20)21-14-7-8-15-22(21)30-19-10-3-1-4-11-19/h1-8,10-15,26H,9,16-18H2,(H,24,27). The topological polar surface area (TPSA) is 95.9 Å². The number of carbonyl (C=O) groups is 1. The van der Waals surface area contributed by atoms with Crippen molar-refractivity contribution in [2.75, 3.05) is 24.0 Å². The van der Waals surface area contributed by atoms with Gasteiger partial charge in [-0.2, -0.15) is 0 Å². The predicted molar refractivity (Wildman–Crippen MR) is 119 cm³/mol. The summed E-state index contributed by atoms with van der Waals surface area (Å²) in [5.74, 6) is 0.359. The molecule has 0 unspecified atom stereocenters. The normalized spacial score (nSPS) is 11.0. The van der Waals surface area contributed by atoms with E-state index in [1.807, 2.05) is 18.2 Å². The third-order valence-electron chi connectivity index (χ3n) is 4.38. The SMILES string of the molecule is O=C(CN(c1ccccc1Oc1ccccc1)S(=O)(=O)c1ccccc1)NCCCO. The molecule has 8 heteroatoms. The lowest BCUT2D eigenvalue weighted by molar-refractivity contribution is -0.119. The second kappa shape index (κ2) is 10.6. The summed E-state index contributed by atoms with van der Waals surface area (Å²) in [5.41, 5.74) is 0.243. The zero-order valence-electron chi connectivity index (χ0n) is 16.8. The molecular weight excluding hydrogens is 416 g/mol. The van der Waals surface area contributed by atoms with Crippen molar-refractivity contribution in [3.8, 4) is 11.5 Å². The number of benzene rings is 3. The summed E-state index contributed by atoms with van der Waals surface area (Å²) in [6, 6.07) is 23.6. The average molecular weight is 441 g/mol. The molecule has 31 heavy (non-hydrogen) atoms. The van der Waals surface area contributed by atoms with Gasteiger partial charge < -0.3 is 15.2 Å². The number of amides is 1. The quantitative estimate of drug-likeness (QED) is 0.472. The lowest BCUT2D eigenvalue weighted by Gasteiger charge is -2.26. The monoisotopic (exact) mass is 440 g/mol. The first-order valence-corrected chi connectivity index (χ1v) is 11.2. The lowest BCUT2D eigenvalue weighted by atomic mass is 10.3. The van der Waals surface area contributed by atoms with Crippen LogP contribution in [0, 0.1) is 0 Å². The number of hydrogen-bond acceptors (Lipinski definition) is 5. The van der Waals surface area contributed by atoms with E-state index in [1.165, 1.54) is 12.1 Å². The highest BCUT2D eigenvalue weighted by Crippen LogP contribution is 2.35. The Hall–Kier alpha value is -3.36. The van der Waals surface area contributed by atoms with E-state index in [2.05, 4.69) is 5.32 Å². The number of aliphatic hydroxyl groups excluding tert-OH is 1. The van der Waals surface area contributed by atoms with Crippen molar-refractivity contribution in [2.45, 2.75) is 11.3 Å². The van der Waals surface area contributed by atoms with Crippen LogP contribution in [0.3, 0.4) is 0 Å². The maximum absolute atomic E-state index is 13.5. The summed E-state index contributed by atoms with van der Waals surface area (Å²) < 4.78 is 33.9. The Balaban J connectivity index is 2.00. The van der Waals surface area contributed by atoms with Gasteiger partial charge in [-0.25, -0.2) is 8.42 Å². The van der Waals surface area contributed by atoms with Crippen molar-refractivity contribution in [2.24, 2.45) is 0 Å². The van der Waals surface area contributed by atoms with Crippen molar-refractivity contribution in [1.29, 1.82) is 0 Å². The van der Waals surface area contributed by atoms with Crippen molar-refractivity contribution >= 4 is 21.6 Å². The highest BCUT2D eigenvalue weighted by atomic mass is 32.2. The zero-order chi connectivity index (χ0) is 22.1. The lowest BCUT2D eigenvalue weighted by Crippen LogP contribution is -2.41. The molecule has 0 aliphatic heterocycles. The van der Waals surface area contributed by atoms with Gasteiger partial charge >= 0.3 is 0 Å². The third kappa shape index (κ3) is 5.84. The van der Waals surface area contributed by atoms with E-state index in [0.717, 1.165) is 4.31 Å². The van der Waals surface area contributed by atoms with Gasteiger partial charge in [0, 0.05) is 13.2 Å². The number of aliphatic hydroxyl groups is 1. The number of anilines is 1. The fourth-order valence-electron chi connectivity index (χ4n) is 2.88. The Morgan fingerprint density at radius 2 is 1.52 bits per heavy atom. The van der Waals surface area contributed by atoms with Gasteiger partial charge in [-0.3, -0.25) is 9.10 Å². The van der Waals surface area contributed by atoms with Crippen LogP contribution < -0.4 is 14.4 Å². The molecule has 0 fully saturated rings. The van der Waals surface area contributed by atoms with Crippen LogP contribution in [0.1, 0.15) is 6.42 Å². The number of rotatable bonds is 10. The smallest absolute Gasteiger partial charge is 0.264 e. The molecule has 2 N–H and O–H groups in total. The second-order valence-corrected chi connectivity index (χ2v) is 8.50. The van der Waals surface area contributed by atoms with Crippen molar-refractivity contribution in [1.82, 2.24) is 5.32 Å². The van der Waals surface area contributed by atoms with Crippen LogP contribution in [0.4, 0.5) is 5.69 Å². The molecule has 1 amide bonds. The molecule has 0 spiro atoms. The number of sulfonamides is 1. The van der Waals surface area contributed by atoms with Crippen LogP contribution in [-0.4, -0.2) is 39.1 Å². The number of para-hydroxylation sites is 3. The Bertz CT molecular complexity index is 1090. The van der Waals surface area contributed by atoms with Crippen LogP contribution in [0.25, 0.3) is 0 Å². The van der Waals surface area contributed by atoms with Crippen LogP contribution in [0.5, 0.6) is 11.5 Å². The number of carbonyl (C=O) groups excluding carboxylic acids is 1. The highest BCUT2D eigenvalue weighted by molar-refractivity contribution is 7.92. The van der Waals surface area contributed by atoms with E-state index < -0.39 is 22.5 Å². The summed E-state index contributed by atoms with van der Waals surface area (Å²) in [6.45, 7) is -0.255. The fraction of sp³-hybridized carbons (Fsp3) is 0.174. The molecule has 0 bridgehead atoms. The first-order chi connectivity index (χ1) is 15.0. The second-order valence-electron chi connectivity index (χ2n) is 6.63. The molecule has 0 radical (unpaired) electrons. The maximum atomic E-state index is 13.5. The summed E-state index contributed by atoms with van der Waals surface area (Å²) in [7, 11) is -4.05. The van der Waals surface area contributed by atoms with Gasteiger partial charge in [0.05, 0.1) is 10.6 Å². The molecule has 0 saturated heterocycles. The number of hydrogen-bond donors (Lipinski definition) is 2. The summed E-state index contributed by atoms with van der Waals surface area (Å²) in [5, 5.41) is 11.6. The molecule has 0 heterocycles. The van der Waals surface area contributed by atoms with Gasteiger partial charge in [0.2, 0.25) is 5.91 Å². The van der Waals surface area contributed by atoms with Crippen LogP contribution in [-0.2, 0) is 14.8 Å². The van der Waals surface area contributed by atoms with Crippen LogP contribution >= 0.6 is 0 Å². The summed E-state index contributed by atoms with van der Waals surface area (Å²) >= 11 is 0. The van der Waals surface area contributed by atoms with Gasteiger partial charge in [0.1, 0.15) is 12.3 Å². The fourth-order valence-corrected chi connectivity index (χ4v) is 4.33. The maximum Gasteiger partial charge on any atom is 0.264 e.